The summed E-state index contributed by atoms with van der Waals surface area (Å²) in [6, 6.07) is 9.05. The molecule has 1 aliphatic rings. The molecule has 1 atom stereocenters. The van der Waals surface area contributed by atoms with Crippen LogP contribution in [0.15, 0.2) is 59.8 Å². The third-order valence-corrected chi connectivity index (χ3v) is 9.09. The Labute approximate surface area is 300 Å². The van der Waals surface area contributed by atoms with Gasteiger partial charge >= 0.3 is 0 Å². The van der Waals surface area contributed by atoms with E-state index < -0.39 is 23.8 Å². The van der Waals surface area contributed by atoms with E-state index in [2.05, 4.69) is 10.3 Å². The predicted molar refractivity (Wildman–Crippen MR) is 191 cm³/mol. The number of nitrogens with zero attached hydrogens (tertiary/aromatic N) is 4. The number of amides is 4. The second kappa shape index (κ2) is 16.3. The zero-order chi connectivity index (χ0) is 37.5. The Kier molecular flexibility index (Phi) is 11.7. The van der Waals surface area contributed by atoms with Gasteiger partial charge in [0.2, 0.25) is 11.8 Å². The van der Waals surface area contributed by atoms with Crippen LogP contribution in [0.1, 0.15) is 58.4 Å². The molecule has 2 aromatic heterocycles. The van der Waals surface area contributed by atoms with Crippen molar-refractivity contribution in [1.82, 2.24) is 24.7 Å². The monoisotopic (exact) mass is 711 g/mol. The molecule has 0 fully saturated rings. The van der Waals surface area contributed by atoms with Gasteiger partial charge in [-0.1, -0.05) is 6.07 Å². The van der Waals surface area contributed by atoms with Crippen LogP contribution in [0.4, 0.5) is 0 Å². The third kappa shape index (κ3) is 7.36. The fraction of sp³-hybridized carbons (Fsp3) is 0.342. The summed E-state index contributed by atoms with van der Waals surface area (Å²) in [5, 5.41) is 3.68. The molecule has 1 aliphatic heterocycles. The molecule has 5 rings (SSSR count). The summed E-state index contributed by atoms with van der Waals surface area (Å²) >= 11 is 0. The van der Waals surface area contributed by atoms with Crippen molar-refractivity contribution in [1.29, 1.82) is 0 Å². The predicted octanol–water partition coefficient (Wildman–Crippen LogP) is 3.52. The van der Waals surface area contributed by atoms with Gasteiger partial charge in [-0.15, -0.1) is 0 Å². The van der Waals surface area contributed by atoms with Crippen LogP contribution < -0.4 is 25.1 Å². The number of methoxy groups -OCH3 is 2. The summed E-state index contributed by atoms with van der Waals surface area (Å²) in [5.74, 6) is -0.701. The van der Waals surface area contributed by atoms with Crippen LogP contribution >= 0.6 is 0 Å². The van der Waals surface area contributed by atoms with Gasteiger partial charge in [0.1, 0.15) is 29.6 Å². The van der Waals surface area contributed by atoms with E-state index in [9.17, 15) is 28.8 Å². The molecule has 3 heterocycles. The third-order valence-electron chi connectivity index (χ3n) is 9.09. The van der Waals surface area contributed by atoms with Gasteiger partial charge in [0, 0.05) is 58.1 Å². The van der Waals surface area contributed by atoms with Gasteiger partial charge in [-0.3, -0.25) is 33.9 Å². The molecule has 4 aromatic rings. The first-order valence-electron chi connectivity index (χ1n) is 16.8. The molecular weight excluding hydrogens is 670 g/mol. The van der Waals surface area contributed by atoms with Crippen LogP contribution in [-0.4, -0.2) is 90.2 Å². The number of carbonyl (C=O) groups excluding carboxylic acids is 5. The Balaban J connectivity index is 1.22. The first-order valence-corrected chi connectivity index (χ1v) is 16.8. The number of pyridine rings is 2. The van der Waals surface area contributed by atoms with E-state index in [1.807, 2.05) is 12.1 Å². The number of imide groups is 1. The van der Waals surface area contributed by atoms with Crippen molar-refractivity contribution in [2.75, 3.05) is 34.9 Å². The first-order chi connectivity index (χ1) is 25.1. The van der Waals surface area contributed by atoms with Crippen molar-refractivity contribution in [3.8, 4) is 28.4 Å². The lowest BCUT2D eigenvalue weighted by molar-refractivity contribution is -0.130. The van der Waals surface area contributed by atoms with Crippen molar-refractivity contribution in [2.45, 2.75) is 44.7 Å². The van der Waals surface area contributed by atoms with E-state index in [-0.39, 0.29) is 60.8 Å². The standard InChI is InChI=1S/C38H41N5O9/c1-39-35(46)29(11-9-16-44)43-37(48)25-10-8-12-30(34(25)38(43)49)52-17-7-6-13-33(45)41(2)22-28-31(50-4)18-23(19-32(28)51-5)27-21-42(3)36(47)26-20-40-15-14-24(26)27/h8,10,12,14-16,18-21,29H,6-7,9,11,13,17,22H2,1-5H3,(H,39,46). The average Bonchev–Trinajstić information content (AvgIpc) is 3.41. The number of fused-ring (bicyclic) bond motifs is 2. The molecule has 2 aromatic carbocycles. The Morgan fingerprint density at radius 3 is 2.38 bits per heavy atom. The summed E-state index contributed by atoms with van der Waals surface area (Å²) in [5.41, 5.74) is 2.28. The van der Waals surface area contributed by atoms with E-state index in [0.717, 1.165) is 21.4 Å². The quantitative estimate of drug-likeness (QED) is 0.103. The topological polar surface area (TPSA) is 166 Å². The molecule has 272 valence electrons. The Morgan fingerprint density at radius 1 is 0.981 bits per heavy atom. The Bertz CT molecular complexity index is 2070. The highest BCUT2D eigenvalue weighted by atomic mass is 16.5. The summed E-state index contributed by atoms with van der Waals surface area (Å²) < 4.78 is 18.9. The average molecular weight is 712 g/mol. The van der Waals surface area contributed by atoms with Crippen LogP contribution in [0.3, 0.4) is 0 Å². The molecule has 4 amide bonds. The Hall–Kier alpha value is -6.05. The van der Waals surface area contributed by atoms with Crippen molar-refractivity contribution in [2.24, 2.45) is 7.05 Å². The molecule has 1 unspecified atom stereocenters. The van der Waals surface area contributed by atoms with Crippen LogP contribution in [0, 0.1) is 0 Å². The molecule has 0 bridgehead atoms. The summed E-state index contributed by atoms with van der Waals surface area (Å²) in [6.07, 6.45) is 6.78. The summed E-state index contributed by atoms with van der Waals surface area (Å²) in [7, 11) is 7.87. The van der Waals surface area contributed by atoms with E-state index in [1.165, 1.54) is 17.7 Å². The maximum atomic E-state index is 13.4. The molecule has 0 radical (unpaired) electrons. The van der Waals surface area contributed by atoms with Gasteiger partial charge < -0.3 is 33.8 Å². The minimum absolute atomic E-state index is 0.00429. The number of hydrogen-bond donors (Lipinski definition) is 1. The molecule has 0 saturated heterocycles. The highest BCUT2D eigenvalue weighted by Gasteiger charge is 2.44. The van der Waals surface area contributed by atoms with Crippen molar-refractivity contribution in [3.05, 3.63) is 82.0 Å². The number of rotatable bonds is 16. The van der Waals surface area contributed by atoms with Crippen LogP contribution in [0.2, 0.25) is 0 Å². The molecule has 0 aliphatic carbocycles. The van der Waals surface area contributed by atoms with E-state index >= 15 is 0 Å². The van der Waals surface area contributed by atoms with Gasteiger partial charge in [-0.25, -0.2) is 0 Å². The number of carbonyl (C=O) groups is 5. The maximum absolute atomic E-state index is 13.4. The van der Waals surface area contributed by atoms with Crippen molar-refractivity contribution in [3.63, 3.8) is 0 Å². The van der Waals surface area contributed by atoms with Crippen molar-refractivity contribution >= 4 is 40.7 Å². The second-order valence-corrected chi connectivity index (χ2v) is 12.3. The molecule has 14 nitrogen and oxygen atoms in total. The highest BCUT2D eigenvalue weighted by Crippen LogP contribution is 2.38. The number of benzene rings is 2. The number of aromatic nitrogens is 2. The lowest BCUT2D eigenvalue weighted by atomic mass is 9.99. The number of ether oxygens (including phenoxy) is 3. The minimum atomic E-state index is -1.13. The summed E-state index contributed by atoms with van der Waals surface area (Å²) in [6.45, 7) is 0.393. The summed E-state index contributed by atoms with van der Waals surface area (Å²) in [4.78, 5) is 82.5. The van der Waals surface area contributed by atoms with Gasteiger partial charge in [0.05, 0.1) is 49.4 Å². The number of hydrogen-bond acceptors (Lipinski definition) is 10. The number of unbranched alkanes of at least 4 members (excludes halogenated alkanes) is 1. The van der Waals surface area contributed by atoms with Gasteiger partial charge in [-0.2, -0.15) is 0 Å². The van der Waals surface area contributed by atoms with Gasteiger partial charge in [0.15, 0.2) is 0 Å². The number of aryl methyl sites for hydroxylation is 1. The van der Waals surface area contributed by atoms with E-state index in [0.29, 0.717) is 41.6 Å². The molecule has 52 heavy (non-hydrogen) atoms. The van der Waals surface area contributed by atoms with Crippen LogP contribution in [0.5, 0.6) is 17.2 Å². The van der Waals surface area contributed by atoms with Gasteiger partial charge in [0.25, 0.3) is 17.4 Å². The highest BCUT2D eigenvalue weighted by molar-refractivity contribution is 6.24. The van der Waals surface area contributed by atoms with Crippen molar-refractivity contribution < 1.29 is 38.2 Å². The first kappa shape index (κ1) is 37.2. The Morgan fingerprint density at radius 2 is 1.71 bits per heavy atom. The smallest absolute Gasteiger partial charge is 0.266 e. The minimum Gasteiger partial charge on any atom is -0.496 e. The van der Waals surface area contributed by atoms with E-state index in [4.69, 9.17) is 14.2 Å². The number of nitrogens with one attached hydrogen (secondary N) is 1. The molecule has 0 saturated carbocycles. The van der Waals surface area contributed by atoms with Gasteiger partial charge in [-0.05, 0) is 60.5 Å². The van der Waals surface area contributed by atoms with Crippen LogP contribution in [-0.2, 0) is 28.0 Å². The number of likely N-dealkylation sites (N-methyl/N-ethyl adjacent to an activating group) is 1. The zero-order valence-electron chi connectivity index (χ0n) is 29.8. The molecule has 1 N–H and O–H groups in total. The number of aldehydes is 1. The molecule has 14 heteroatoms. The lowest BCUT2D eigenvalue weighted by Gasteiger charge is -2.24. The largest absolute Gasteiger partial charge is 0.496 e. The second-order valence-electron chi connectivity index (χ2n) is 12.3. The molecule has 0 spiro atoms. The maximum Gasteiger partial charge on any atom is 0.266 e. The zero-order valence-corrected chi connectivity index (χ0v) is 29.8. The fourth-order valence-corrected chi connectivity index (χ4v) is 6.36. The van der Waals surface area contributed by atoms with E-state index in [1.54, 1.807) is 70.0 Å². The normalized spacial score (nSPS) is 12.8. The lowest BCUT2D eigenvalue weighted by Crippen LogP contribution is -2.48. The fourth-order valence-electron chi connectivity index (χ4n) is 6.36. The molecular formula is C38H41N5O9. The van der Waals surface area contributed by atoms with Crippen LogP contribution in [0.25, 0.3) is 21.9 Å². The SMILES string of the molecule is CNC(=O)C(CCC=O)N1C(=O)c2cccc(OCCCCC(=O)N(C)Cc3c(OC)cc(-c4cn(C)c(=O)c5cnccc45)cc3OC)c2C1=O.